The van der Waals surface area contributed by atoms with Crippen LogP contribution in [0, 0.1) is 0 Å². The van der Waals surface area contributed by atoms with Crippen LogP contribution in [0.1, 0.15) is 25.3 Å². The summed E-state index contributed by atoms with van der Waals surface area (Å²) in [5.41, 5.74) is 0.391. The van der Waals surface area contributed by atoms with Gasteiger partial charge in [0.25, 0.3) is 17.6 Å². The molecule has 3 rings (SSSR count). The van der Waals surface area contributed by atoms with Crippen molar-refractivity contribution in [3.05, 3.63) is 66.2 Å². The maximum Gasteiger partial charge on any atom is 0.286 e. The molecule has 2 aromatic rings. The van der Waals surface area contributed by atoms with Gasteiger partial charge in [-0.25, -0.2) is 4.90 Å². The van der Waals surface area contributed by atoms with Crippen LogP contribution in [-0.2, 0) is 10.6 Å². The first-order chi connectivity index (χ1) is 14.5. The standard InChI is InChI=1S/C22H28N2O7/c1-20(26,27)19(25)24(17-10-6-3-7-11-17)18-12-14-23(15-13-18)22(30,31)21(28,29)16-8-4-2-5-9-16/h2-11,18,26-31H,12-15H2,1H3. The van der Waals surface area contributed by atoms with Crippen molar-refractivity contribution < 1.29 is 35.4 Å². The van der Waals surface area contributed by atoms with Crippen LogP contribution >= 0.6 is 0 Å². The van der Waals surface area contributed by atoms with Crippen molar-refractivity contribution >= 4 is 11.6 Å². The van der Waals surface area contributed by atoms with Crippen LogP contribution < -0.4 is 4.90 Å². The third-order valence-electron chi connectivity index (χ3n) is 5.57. The summed E-state index contributed by atoms with van der Waals surface area (Å²) in [5.74, 6) is -9.42. The molecule has 0 aliphatic carbocycles. The van der Waals surface area contributed by atoms with Crippen molar-refractivity contribution in [2.24, 2.45) is 0 Å². The second kappa shape index (κ2) is 8.64. The summed E-state index contributed by atoms with van der Waals surface area (Å²) < 4.78 is 0. The van der Waals surface area contributed by atoms with E-state index in [4.69, 9.17) is 0 Å². The average molecular weight is 432 g/mol. The molecule has 1 aliphatic heterocycles. The minimum atomic E-state index is -2.98. The number of hydrogen-bond acceptors (Lipinski definition) is 8. The van der Waals surface area contributed by atoms with E-state index in [0.29, 0.717) is 5.69 Å². The molecule has 9 nitrogen and oxygen atoms in total. The minimum Gasteiger partial charge on any atom is -0.358 e. The fraction of sp³-hybridized carbons (Fsp3) is 0.409. The highest BCUT2D eigenvalue weighted by Gasteiger charge is 2.54. The number of hydrogen-bond donors (Lipinski definition) is 6. The monoisotopic (exact) mass is 432 g/mol. The molecule has 0 aromatic heterocycles. The molecule has 1 heterocycles. The van der Waals surface area contributed by atoms with E-state index < -0.39 is 29.4 Å². The minimum absolute atomic E-state index is 0.0115. The Morgan fingerprint density at radius 2 is 1.35 bits per heavy atom. The van der Waals surface area contributed by atoms with E-state index in [0.717, 1.165) is 11.8 Å². The Morgan fingerprint density at radius 3 is 1.84 bits per heavy atom. The Balaban J connectivity index is 1.80. The lowest BCUT2D eigenvalue weighted by Crippen LogP contribution is -2.65. The normalized spacial score (nSPS) is 16.9. The average Bonchev–Trinajstić information content (AvgIpc) is 2.75. The molecule has 31 heavy (non-hydrogen) atoms. The largest absolute Gasteiger partial charge is 0.358 e. The van der Waals surface area contributed by atoms with Gasteiger partial charge in [-0.05, 0) is 31.9 Å². The first-order valence-electron chi connectivity index (χ1n) is 10.00. The van der Waals surface area contributed by atoms with E-state index in [-0.39, 0.29) is 31.5 Å². The van der Waals surface area contributed by atoms with Gasteiger partial charge in [0.1, 0.15) is 0 Å². The van der Waals surface area contributed by atoms with E-state index in [1.165, 1.54) is 17.0 Å². The number of para-hydroxylation sites is 1. The molecule has 6 N–H and O–H groups in total. The lowest BCUT2D eigenvalue weighted by molar-refractivity contribution is -0.422. The number of aliphatic hydroxyl groups is 6. The van der Waals surface area contributed by atoms with Crippen molar-refractivity contribution in [1.82, 2.24) is 4.90 Å². The lowest BCUT2D eigenvalue weighted by atomic mass is 9.96. The molecule has 0 spiro atoms. The van der Waals surface area contributed by atoms with Gasteiger partial charge >= 0.3 is 0 Å². The van der Waals surface area contributed by atoms with Gasteiger partial charge in [0.15, 0.2) is 0 Å². The van der Waals surface area contributed by atoms with E-state index in [1.807, 2.05) is 0 Å². The van der Waals surface area contributed by atoms with E-state index >= 15 is 0 Å². The number of rotatable bonds is 6. The molecular weight excluding hydrogens is 404 g/mol. The molecule has 9 heteroatoms. The molecule has 0 atom stereocenters. The Bertz CT molecular complexity index is 874. The molecule has 1 saturated heterocycles. The molecule has 0 radical (unpaired) electrons. The van der Waals surface area contributed by atoms with Gasteiger partial charge in [-0.3, -0.25) is 4.79 Å². The van der Waals surface area contributed by atoms with E-state index in [9.17, 15) is 35.4 Å². The van der Waals surface area contributed by atoms with Crippen molar-refractivity contribution in [2.75, 3.05) is 18.0 Å². The fourth-order valence-corrected chi connectivity index (χ4v) is 3.83. The van der Waals surface area contributed by atoms with Crippen molar-refractivity contribution in [3.8, 4) is 0 Å². The predicted molar refractivity (Wildman–Crippen MR) is 111 cm³/mol. The number of benzene rings is 2. The van der Waals surface area contributed by atoms with Gasteiger partial charge in [0.05, 0.1) is 0 Å². The van der Waals surface area contributed by atoms with Crippen molar-refractivity contribution in [2.45, 2.75) is 43.3 Å². The predicted octanol–water partition coefficient (Wildman–Crippen LogP) is -0.339. The van der Waals surface area contributed by atoms with Crippen molar-refractivity contribution in [1.29, 1.82) is 0 Å². The maximum absolute atomic E-state index is 12.7. The summed E-state index contributed by atoms with van der Waals surface area (Å²) in [5, 5.41) is 62.0. The summed E-state index contributed by atoms with van der Waals surface area (Å²) in [7, 11) is 0. The highest BCUT2D eigenvalue weighted by molar-refractivity contribution is 5.98. The van der Waals surface area contributed by atoms with E-state index in [1.54, 1.807) is 48.5 Å². The summed E-state index contributed by atoms with van der Waals surface area (Å²) >= 11 is 0. The molecule has 2 aromatic carbocycles. The molecular formula is C22H28N2O7. The number of carbonyl (C=O) groups is 1. The summed E-state index contributed by atoms with van der Waals surface area (Å²) in [4.78, 5) is 15.1. The third kappa shape index (κ3) is 4.63. The van der Waals surface area contributed by atoms with Crippen LogP contribution in [0.3, 0.4) is 0 Å². The summed E-state index contributed by atoms with van der Waals surface area (Å²) in [6, 6.07) is 15.6. The van der Waals surface area contributed by atoms with Crippen LogP contribution in [0.15, 0.2) is 60.7 Å². The van der Waals surface area contributed by atoms with Crippen LogP contribution in [0.4, 0.5) is 5.69 Å². The fourth-order valence-electron chi connectivity index (χ4n) is 3.83. The number of likely N-dealkylation sites (tertiary alicyclic amines) is 1. The number of anilines is 1. The lowest BCUT2D eigenvalue weighted by Gasteiger charge is -2.47. The van der Waals surface area contributed by atoms with Gasteiger partial charge in [-0.15, -0.1) is 0 Å². The SMILES string of the molecule is CC(O)(O)C(=O)N(c1ccccc1)C1CCN(C(O)(O)C(O)(O)c2ccccc2)CC1. The highest BCUT2D eigenvalue weighted by Crippen LogP contribution is 2.35. The topological polar surface area (TPSA) is 145 Å². The zero-order valence-corrected chi connectivity index (χ0v) is 17.2. The summed E-state index contributed by atoms with van der Waals surface area (Å²) in [6.45, 7) is 1.01. The molecule has 0 bridgehead atoms. The second-order valence-electron chi connectivity index (χ2n) is 7.92. The highest BCUT2D eigenvalue weighted by atomic mass is 16.6. The number of piperidine rings is 1. The molecule has 1 amide bonds. The number of amides is 1. The molecule has 168 valence electrons. The van der Waals surface area contributed by atoms with Crippen LogP contribution in [-0.4, -0.2) is 72.3 Å². The number of carbonyl (C=O) groups excluding carboxylic acids is 1. The zero-order chi connectivity index (χ0) is 22.9. The first kappa shape index (κ1) is 23.3. The zero-order valence-electron chi connectivity index (χ0n) is 17.2. The third-order valence-corrected chi connectivity index (χ3v) is 5.57. The molecule has 1 aliphatic rings. The molecule has 1 fully saturated rings. The Hall–Kier alpha value is -2.37. The Morgan fingerprint density at radius 1 is 0.871 bits per heavy atom. The van der Waals surface area contributed by atoms with Crippen molar-refractivity contribution in [3.63, 3.8) is 0 Å². The van der Waals surface area contributed by atoms with Gasteiger partial charge in [0.2, 0.25) is 5.79 Å². The van der Waals surface area contributed by atoms with Gasteiger partial charge < -0.3 is 35.5 Å². The molecule has 0 saturated carbocycles. The maximum atomic E-state index is 12.7. The molecule has 0 unspecified atom stereocenters. The smallest absolute Gasteiger partial charge is 0.286 e. The quantitative estimate of drug-likeness (QED) is 0.340. The van der Waals surface area contributed by atoms with Crippen LogP contribution in [0.2, 0.25) is 0 Å². The summed E-state index contributed by atoms with van der Waals surface area (Å²) in [6.07, 6.45) is 0.453. The second-order valence-corrected chi connectivity index (χ2v) is 7.92. The van der Waals surface area contributed by atoms with Gasteiger partial charge in [-0.1, -0.05) is 48.5 Å². The first-order valence-corrected chi connectivity index (χ1v) is 10.00. The van der Waals surface area contributed by atoms with E-state index in [2.05, 4.69) is 0 Å². The van der Waals surface area contributed by atoms with Crippen LogP contribution in [0.25, 0.3) is 0 Å². The van der Waals surface area contributed by atoms with Crippen LogP contribution in [0.5, 0.6) is 0 Å². The van der Waals surface area contributed by atoms with Gasteiger partial charge in [-0.2, -0.15) is 0 Å². The Kier molecular flexibility index (Phi) is 6.49. The number of nitrogens with zero attached hydrogens (tertiary/aromatic N) is 2. The van der Waals surface area contributed by atoms with Gasteiger partial charge in [0, 0.05) is 30.4 Å². The Labute approximate surface area is 180 Å².